The fraction of sp³-hybridized carbons (Fsp3) is 0.233. The summed E-state index contributed by atoms with van der Waals surface area (Å²) in [7, 11) is 0. The maximum atomic E-state index is 13.3. The smallest absolute Gasteiger partial charge is 0.293 e. The summed E-state index contributed by atoms with van der Waals surface area (Å²) in [6, 6.07) is 18.7. The first-order valence-electron chi connectivity index (χ1n) is 12.9. The van der Waals surface area contributed by atoms with Gasteiger partial charge in [-0.15, -0.1) is 0 Å². The molecule has 2 fully saturated rings. The summed E-state index contributed by atoms with van der Waals surface area (Å²) in [5.41, 5.74) is 3.00. The van der Waals surface area contributed by atoms with Crippen LogP contribution in [0.2, 0.25) is 0 Å². The Hall–Kier alpha value is -4.15. The number of nitrogens with zero attached hydrogens (tertiary/aromatic N) is 3. The van der Waals surface area contributed by atoms with E-state index >= 15 is 0 Å². The van der Waals surface area contributed by atoms with Crippen molar-refractivity contribution in [3.63, 3.8) is 0 Å². The summed E-state index contributed by atoms with van der Waals surface area (Å²) >= 11 is 0.857. The van der Waals surface area contributed by atoms with Crippen molar-refractivity contribution in [3.8, 4) is 11.5 Å². The van der Waals surface area contributed by atoms with Crippen LogP contribution in [0.5, 0.6) is 11.5 Å². The summed E-state index contributed by atoms with van der Waals surface area (Å²) in [6.45, 7) is 3.81. The molecule has 8 nitrogen and oxygen atoms in total. The van der Waals surface area contributed by atoms with E-state index in [1.54, 1.807) is 42.5 Å². The third kappa shape index (κ3) is 5.59. The van der Waals surface area contributed by atoms with E-state index in [1.165, 1.54) is 12.1 Å². The number of piperazine rings is 1. The molecule has 3 aliphatic rings. The van der Waals surface area contributed by atoms with Crippen molar-refractivity contribution < 1.29 is 28.2 Å². The molecule has 3 heterocycles. The van der Waals surface area contributed by atoms with E-state index in [1.807, 2.05) is 23.1 Å². The van der Waals surface area contributed by atoms with Crippen LogP contribution < -0.4 is 9.47 Å². The van der Waals surface area contributed by atoms with Crippen LogP contribution in [0.25, 0.3) is 6.08 Å². The van der Waals surface area contributed by atoms with E-state index in [4.69, 9.17) is 9.47 Å². The summed E-state index contributed by atoms with van der Waals surface area (Å²) in [6.07, 6.45) is 1.63. The lowest BCUT2D eigenvalue weighted by Gasteiger charge is -2.34. The van der Waals surface area contributed by atoms with Gasteiger partial charge in [0.1, 0.15) is 5.82 Å². The Morgan fingerprint density at radius 3 is 2.42 bits per heavy atom. The Morgan fingerprint density at radius 2 is 1.62 bits per heavy atom. The highest BCUT2D eigenvalue weighted by molar-refractivity contribution is 8.18. The maximum Gasteiger partial charge on any atom is 0.293 e. The monoisotopic (exact) mass is 559 g/mol. The highest BCUT2D eigenvalue weighted by Gasteiger charge is 2.35. The number of hydrogen-bond donors (Lipinski definition) is 0. The molecule has 10 heteroatoms. The van der Waals surface area contributed by atoms with E-state index in [-0.39, 0.29) is 35.2 Å². The maximum absolute atomic E-state index is 13.3. The van der Waals surface area contributed by atoms with E-state index in [2.05, 4.69) is 4.90 Å². The Labute approximate surface area is 234 Å². The van der Waals surface area contributed by atoms with Crippen LogP contribution in [-0.4, -0.2) is 64.7 Å². The minimum Gasteiger partial charge on any atom is -0.454 e. The zero-order chi connectivity index (χ0) is 27.6. The molecule has 0 N–H and O–H groups in total. The molecule has 0 unspecified atom stereocenters. The highest BCUT2D eigenvalue weighted by atomic mass is 32.2. The molecule has 0 aliphatic carbocycles. The van der Waals surface area contributed by atoms with Gasteiger partial charge < -0.3 is 14.4 Å². The van der Waals surface area contributed by atoms with Gasteiger partial charge in [0.2, 0.25) is 6.79 Å². The molecule has 0 radical (unpaired) electrons. The average molecular weight is 560 g/mol. The Balaban J connectivity index is 1.07. The van der Waals surface area contributed by atoms with E-state index < -0.39 is 5.91 Å². The van der Waals surface area contributed by atoms with Gasteiger partial charge in [-0.2, -0.15) is 0 Å². The molecule has 0 saturated carbocycles. The fourth-order valence-electron chi connectivity index (χ4n) is 4.91. The van der Waals surface area contributed by atoms with Crippen LogP contribution in [-0.2, 0) is 17.9 Å². The number of fused-ring (bicyclic) bond motifs is 1. The van der Waals surface area contributed by atoms with Gasteiger partial charge in [0, 0.05) is 38.3 Å². The zero-order valence-electron chi connectivity index (χ0n) is 21.5. The molecule has 6 rings (SSSR count). The van der Waals surface area contributed by atoms with Gasteiger partial charge >= 0.3 is 0 Å². The molecule has 0 atom stereocenters. The minimum absolute atomic E-state index is 0.0672. The molecule has 3 amide bonds. The third-order valence-corrected chi connectivity index (χ3v) is 7.97. The number of hydrogen-bond acceptors (Lipinski definition) is 7. The lowest BCUT2D eigenvalue weighted by atomic mass is 10.1. The molecular weight excluding hydrogens is 533 g/mol. The van der Waals surface area contributed by atoms with Gasteiger partial charge in [-0.1, -0.05) is 30.3 Å². The van der Waals surface area contributed by atoms with Crippen molar-refractivity contribution in [2.24, 2.45) is 0 Å². The summed E-state index contributed by atoms with van der Waals surface area (Å²) in [5.74, 6) is 0.679. The number of halogens is 1. The van der Waals surface area contributed by atoms with Gasteiger partial charge in [-0.3, -0.25) is 24.2 Å². The van der Waals surface area contributed by atoms with Crippen LogP contribution >= 0.6 is 11.8 Å². The van der Waals surface area contributed by atoms with E-state index in [0.29, 0.717) is 29.8 Å². The Morgan fingerprint density at radius 1 is 0.875 bits per heavy atom. The number of benzene rings is 3. The zero-order valence-corrected chi connectivity index (χ0v) is 22.4. The number of imide groups is 1. The van der Waals surface area contributed by atoms with Gasteiger partial charge in [-0.25, -0.2) is 4.39 Å². The summed E-state index contributed by atoms with van der Waals surface area (Å²) in [5, 5.41) is -0.383. The number of amides is 3. The molecule has 0 spiro atoms. The first-order valence-corrected chi connectivity index (χ1v) is 13.7. The molecule has 2 saturated heterocycles. The SMILES string of the molecule is O=C(c1cccc(/C=C2\SC(=O)N(Cc3ccc(F)cc3)C2=O)c1)N1CCN(Cc2ccc3c(c2)OCO3)CC1. The molecule has 40 heavy (non-hydrogen) atoms. The normalized spacial score (nSPS) is 18.2. The molecule has 0 aromatic heterocycles. The van der Waals surface area contributed by atoms with Crippen LogP contribution in [0.1, 0.15) is 27.0 Å². The average Bonchev–Trinajstić information content (AvgIpc) is 3.54. The first kappa shape index (κ1) is 26.1. The van der Waals surface area contributed by atoms with Crippen molar-refractivity contribution in [2.45, 2.75) is 13.1 Å². The van der Waals surface area contributed by atoms with Crippen LogP contribution in [0, 0.1) is 5.82 Å². The van der Waals surface area contributed by atoms with E-state index in [9.17, 15) is 18.8 Å². The summed E-state index contributed by atoms with van der Waals surface area (Å²) < 4.78 is 24.1. The second-order valence-electron chi connectivity index (χ2n) is 9.78. The Kier molecular flexibility index (Phi) is 7.27. The lowest BCUT2D eigenvalue weighted by molar-refractivity contribution is -0.123. The molecular formula is C30H26FN3O5S. The number of rotatable bonds is 6. The second kappa shape index (κ2) is 11.1. The summed E-state index contributed by atoms with van der Waals surface area (Å²) in [4.78, 5) is 44.3. The topological polar surface area (TPSA) is 79.4 Å². The van der Waals surface area contributed by atoms with Crippen molar-refractivity contribution in [2.75, 3.05) is 33.0 Å². The molecule has 0 bridgehead atoms. The largest absolute Gasteiger partial charge is 0.454 e. The number of ether oxygens (including phenoxy) is 2. The van der Waals surface area contributed by atoms with Crippen LogP contribution in [0.3, 0.4) is 0 Å². The van der Waals surface area contributed by atoms with Crippen molar-refractivity contribution >= 4 is 34.9 Å². The standard InChI is InChI=1S/C30H26FN3O5S/c31-24-7-4-20(5-8-24)18-34-29(36)27(40-30(34)37)16-21-2-1-3-23(14-21)28(35)33-12-10-32(11-13-33)17-22-6-9-25-26(15-22)39-19-38-25/h1-9,14-16H,10-13,17-19H2/b27-16-. The number of thioether (sulfide) groups is 1. The molecule has 3 aliphatic heterocycles. The fourth-order valence-corrected chi connectivity index (χ4v) is 5.75. The number of carbonyl (C=O) groups is 3. The van der Waals surface area contributed by atoms with Gasteiger partial charge in [-0.05, 0) is 70.9 Å². The van der Waals surface area contributed by atoms with Gasteiger partial charge in [0.05, 0.1) is 11.4 Å². The van der Waals surface area contributed by atoms with E-state index in [0.717, 1.165) is 53.4 Å². The van der Waals surface area contributed by atoms with Crippen LogP contribution in [0.15, 0.2) is 71.6 Å². The highest BCUT2D eigenvalue weighted by Crippen LogP contribution is 2.34. The van der Waals surface area contributed by atoms with Crippen molar-refractivity contribution in [1.29, 1.82) is 0 Å². The molecule has 3 aromatic carbocycles. The van der Waals surface area contributed by atoms with Crippen LogP contribution in [0.4, 0.5) is 9.18 Å². The van der Waals surface area contributed by atoms with Gasteiger partial charge in [0.15, 0.2) is 11.5 Å². The third-order valence-electron chi connectivity index (χ3n) is 7.06. The number of carbonyl (C=O) groups excluding carboxylic acids is 3. The lowest BCUT2D eigenvalue weighted by Crippen LogP contribution is -2.48. The second-order valence-corrected chi connectivity index (χ2v) is 10.8. The quantitative estimate of drug-likeness (QED) is 0.404. The minimum atomic E-state index is -0.408. The molecule has 3 aromatic rings. The first-order chi connectivity index (χ1) is 19.4. The predicted octanol–water partition coefficient (Wildman–Crippen LogP) is 4.75. The predicted molar refractivity (Wildman–Crippen MR) is 148 cm³/mol. The van der Waals surface area contributed by atoms with Crippen molar-refractivity contribution in [1.82, 2.24) is 14.7 Å². The molecule has 204 valence electrons. The Bertz CT molecular complexity index is 1500. The van der Waals surface area contributed by atoms with Gasteiger partial charge in [0.25, 0.3) is 17.1 Å². The van der Waals surface area contributed by atoms with Crippen molar-refractivity contribution in [3.05, 3.63) is 99.7 Å².